The van der Waals surface area contributed by atoms with Crippen LogP contribution in [-0.2, 0) is 15.3 Å². The van der Waals surface area contributed by atoms with Gasteiger partial charge in [0.1, 0.15) is 0 Å². The number of hydrogen-bond donors (Lipinski definition) is 0. The number of nitrogens with zero attached hydrogens (tertiary/aromatic N) is 1. The van der Waals surface area contributed by atoms with E-state index in [1.165, 1.54) is 16.7 Å². The van der Waals surface area contributed by atoms with Gasteiger partial charge in [-0.1, -0.05) is 30.3 Å². The summed E-state index contributed by atoms with van der Waals surface area (Å²) in [5, 5.41) is 11.2. The normalized spacial score (nSPS) is 20.3. The van der Waals surface area contributed by atoms with Gasteiger partial charge in [-0.25, -0.2) is 0 Å². The maximum atomic E-state index is 11.4. The van der Waals surface area contributed by atoms with Gasteiger partial charge in [-0.15, -0.1) is 11.8 Å². The Morgan fingerprint density at radius 1 is 1.30 bits per heavy atom. The van der Waals surface area contributed by atoms with E-state index in [0.29, 0.717) is 18.6 Å². The Labute approximate surface area is 143 Å². The quantitative estimate of drug-likeness (QED) is 0.471. The molecule has 6 heteroatoms. The van der Waals surface area contributed by atoms with Crippen molar-refractivity contribution in [2.24, 2.45) is 0 Å². The van der Waals surface area contributed by atoms with Gasteiger partial charge in [-0.3, -0.25) is 4.79 Å². The van der Waals surface area contributed by atoms with Crippen LogP contribution in [0.1, 0.15) is 18.4 Å². The Hall–Kier alpha value is -0.750. The summed E-state index contributed by atoms with van der Waals surface area (Å²) in [6.45, 7) is 0. The third kappa shape index (κ3) is 2.81. The molecule has 2 heterocycles. The SMILES string of the molecule is O=C([O-])C1=C(SCc2ccccc2)CC2CC(=O)N12.[Na+]. The van der Waals surface area contributed by atoms with E-state index in [-0.39, 0.29) is 47.2 Å². The first-order valence-corrected chi connectivity index (χ1v) is 7.08. The maximum absolute atomic E-state index is 11.4. The first-order valence-electron chi connectivity index (χ1n) is 6.10. The summed E-state index contributed by atoms with van der Waals surface area (Å²) in [5.41, 5.74) is 1.22. The minimum absolute atomic E-state index is 0. The number of carbonyl (C=O) groups is 2. The average molecular weight is 297 g/mol. The van der Waals surface area contributed by atoms with Crippen molar-refractivity contribution in [2.45, 2.75) is 24.6 Å². The summed E-state index contributed by atoms with van der Waals surface area (Å²) in [4.78, 5) is 24.8. The monoisotopic (exact) mass is 297 g/mol. The molecule has 0 radical (unpaired) electrons. The van der Waals surface area contributed by atoms with Gasteiger partial charge in [-0.2, -0.15) is 0 Å². The molecule has 2 aliphatic rings. The zero-order valence-electron chi connectivity index (χ0n) is 11.2. The molecule has 0 N–H and O–H groups in total. The summed E-state index contributed by atoms with van der Waals surface area (Å²) >= 11 is 1.49. The molecule has 1 aromatic carbocycles. The molecule has 0 aromatic heterocycles. The van der Waals surface area contributed by atoms with E-state index in [4.69, 9.17) is 0 Å². The first-order chi connectivity index (χ1) is 9.16. The number of hydrogen-bond acceptors (Lipinski definition) is 4. The smallest absolute Gasteiger partial charge is 0.543 e. The number of thioether (sulfide) groups is 1. The molecule has 0 bridgehead atoms. The van der Waals surface area contributed by atoms with Crippen molar-refractivity contribution in [3.05, 3.63) is 46.5 Å². The molecule has 0 aliphatic carbocycles. The summed E-state index contributed by atoms with van der Waals surface area (Å²) in [6.07, 6.45) is 1.10. The van der Waals surface area contributed by atoms with E-state index in [9.17, 15) is 14.7 Å². The van der Waals surface area contributed by atoms with E-state index >= 15 is 0 Å². The second kappa shape index (κ2) is 6.35. The van der Waals surface area contributed by atoms with Gasteiger partial charge in [-0.05, 0) is 5.56 Å². The van der Waals surface area contributed by atoms with Crippen LogP contribution in [0.5, 0.6) is 0 Å². The minimum Gasteiger partial charge on any atom is -0.543 e. The summed E-state index contributed by atoms with van der Waals surface area (Å²) in [5.74, 6) is -0.646. The molecular formula is C14H12NNaO3S. The molecule has 1 unspecified atom stereocenters. The number of rotatable bonds is 4. The van der Waals surface area contributed by atoms with E-state index in [1.807, 2.05) is 30.3 Å². The van der Waals surface area contributed by atoms with Gasteiger partial charge in [0.05, 0.1) is 17.7 Å². The average Bonchev–Trinajstić information content (AvgIpc) is 2.70. The number of β-lactam (4-membered cyclic amide) rings is 1. The summed E-state index contributed by atoms with van der Waals surface area (Å²) in [7, 11) is 0. The Kier molecular flexibility index (Phi) is 4.96. The molecule has 98 valence electrons. The van der Waals surface area contributed by atoms with Gasteiger partial charge in [0.25, 0.3) is 0 Å². The zero-order valence-corrected chi connectivity index (χ0v) is 14.0. The van der Waals surface area contributed by atoms with Crippen LogP contribution >= 0.6 is 11.8 Å². The van der Waals surface area contributed by atoms with Crippen molar-refractivity contribution < 1.29 is 44.3 Å². The largest absolute Gasteiger partial charge is 1.00 e. The molecule has 0 saturated carbocycles. The van der Waals surface area contributed by atoms with Crippen molar-refractivity contribution >= 4 is 23.6 Å². The molecule has 20 heavy (non-hydrogen) atoms. The van der Waals surface area contributed by atoms with Gasteiger partial charge in [0, 0.05) is 23.5 Å². The number of carboxylic acids is 1. The fourth-order valence-corrected chi connectivity index (χ4v) is 3.64. The van der Waals surface area contributed by atoms with Gasteiger partial charge < -0.3 is 14.8 Å². The third-order valence-corrected chi connectivity index (χ3v) is 4.61. The number of carboxylic acid groups (broad SMARTS) is 1. The van der Waals surface area contributed by atoms with Crippen LogP contribution in [0.3, 0.4) is 0 Å². The van der Waals surface area contributed by atoms with Crippen molar-refractivity contribution in [2.75, 3.05) is 0 Å². The van der Waals surface area contributed by atoms with Crippen LogP contribution in [0, 0.1) is 0 Å². The van der Waals surface area contributed by atoms with Gasteiger partial charge in [0.15, 0.2) is 0 Å². The second-order valence-electron chi connectivity index (χ2n) is 4.66. The van der Waals surface area contributed by atoms with Crippen LogP contribution in [0.2, 0.25) is 0 Å². The number of fused-ring (bicyclic) bond motifs is 1. The van der Waals surface area contributed by atoms with Gasteiger partial charge in [0.2, 0.25) is 5.91 Å². The van der Waals surface area contributed by atoms with Crippen LogP contribution in [0.25, 0.3) is 0 Å². The topological polar surface area (TPSA) is 60.4 Å². The van der Waals surface area contributed by atoms with Crippen LogP contribution in [0.15, 0.2) is 40.9 Å². The van der Waals surface area contributed by atoms with Gasteiger partial charge >= 0.3 is 29.6 Å². The predicted molar refractivity (Wildman–Crippen MR) is 69.6 cm³/mol. The molecule has 1 fully saturated rings. The molecular weight excluding hydrogens is 285 g/mol. The molecule has 0 spiro atoms. The number of amides is 1. The van der Waals surface area contributed by atoms with E-state index in [0.717, 1.165) is 10.5 Å². The molecule has 1 atom stereocenters. The summed E-state index contributed by atoms with van der Waals surface area (Å²) < 4.78 is 0. The summed E-state index contributed by atoms with van der Waals surface area (Å²) in [6, 6.07) is 9.89. The fourth-order valence-electron chi connectivity index (χ4n) is 2.48. The Morgan fingerprint density at radius 2 is 2.00 bits per heavy atom. The molecule has 3 rings (SSSR count). The zero-order chi connectivity index (χ0) is 13.4. The Morgan fingerprint density at radius 3 is 2.60 bits per heavy atom. The number of aliphatic carboxylic acids is 1. The molecule has 4 nitrogen and oxygen atoms in total. The van der Waals surface area contributed by atoms with Crippen molar-refractivity contribution in [1.82, 2.24) is 4.90 Å². The third-order valence-electron chi connectivity index (χ3n) is 3.42. The predicted octanol–water partition coefficient (Wildman–Crippen LogP) is -2.11. The van der Waals surface area contributed by atoms with Crippen molar-refractivity contribution in [1.29, 1.82) is 0 Å². The minimum atomic E-state index is -1.24. The standard InChI is InChI=1S/C14H13NO3S.Na/c16-12-7-10-6-11(13(14(17)18)15(10)12)19-8-9-4-2-1-3-5-9;/h1-5,10H,6-8H2,(H,17,18);/q;+1/p-1. The molecule has 1 aromatic rings. The van der Waals surface area contributed by atoms with Crippen LogP contribution < -0.4 is 34.7 Å². The van der Waals surface area contributed by atoms with Crippen LogP contribution in [-0.4, -0.2) is 22.8 Å². The number of benzene rings is 1. The molecule has 1 saturated heterocycles. The second-order valence-corrected chi connectivity index (χ2v) is 5.73. The van der Waals surface area contributed by atoms with Crippen LogP contribution in [0.4, 0.5) is 0 Å². The van der Waals surface area contributed by atoms with Crippen molar-refractivity contribution in [3.8, 4) is 0 Å². The Bertz CT molecular complexity index is 573. The van der Waals surface area contributed by atoms with E-state index in [2.05, 4.69) is 0 Å². The van der Waals surface area contributed by atoms with E-state index < -0.39 is 5.97 Å². The maximum Gasteiger partial charge on any atom is 1.00 e. The molecule has 1 amide bonds. The number of carbonyl (C=O) groups excluding carboxylic acids is 2. The Balaban J connectivity index is 0.00000147. The fraction of sp³-hybridized carbons (Fsp3) is 0.286. The first kappa shape index (κ1) is 15.6. The van der Waals surface area contributed by atoms with E-state index in [1.54, 1.807) is 0 Å². The molecule has 2 aliphatic heterocycles. The van der Waals surface area contributed by atoms with Crippen molar-refractivity contribution in [3.63, 3.8) is 0 Å².